The molecule has 1 aromatic heterocycles. The highest BCUT2D eigenvalue weighted by Crippen LogP contribution is 2.23. The molecule has 3 heterocycles. The van der Waals surface area contributed by atoms with Gasteiger partial charge in [-0.15, -0.1) is 0 Å². The third kappa shape index (κ3) is 3.64. The summed E-state index contributed by atoms with van der Waals surface area (Å²) in [6, 6.07) is 4.14. The average molecular weight is 328 g/mol. The van der Waals surface area contributed by atoms with Gasteiger partial charge in [0, 0.05) is 51.0 Å². The molecule has 2 amide bonds. The van der Waals surface area contributed by atoms with Gasteiger partial charge in [0.25, 0.3) is 0 Å². The number of piperidine rings is 1. The molecule has 0 spiro atoms. The molecule has 1 aromatic rings. The molecule has 2 aliphatic rings. The summed E-state index contributed by atoms with van der Waals surface area (Å²) in [5, 5.41) is 3.47. The van der Waals surface area contributed by atoms with Crippen LogP contribution in [0.25, 0.3) is 0 Å². The highest BCUT2D eigenvalue weighted by atomic mass is 16.2. The number of piperazine rings is 1. The van der Waals surface area contributed by atoms with Crippen molar-refractivity contribution in [3.05, 3.63) is 42.7 Å². The molecule has 0 bridgehead atoms. The SMILES string of the molecule is C=CC(=O)N1CCC(C(=O)N2CCNC(c3ccncc3)C2)CC1. The Morgan fingerprint density at radius 1 is 1.17 bits per heavy atom. The first-order valence-corrected chi connectivity index (χ1v) is 8.52. The van der Waals surface area contributed by atoms with Gasteiger partial charge in [0.05, 0.1) is 6.04 Å². The number of pyridine rings is 1. The second kappa shape index (κ2) is 7.57. The molecule has 6 heteroatoms. The minimum Gasteiger partial charge on any atom is -0.339 e. The van der Waals surface area contributed by atoms with E-state index in [1.807, 2.05) is 17.0 Å². The topological polar surface area (TPSA) is 65.5 Å². The number of hydrogen-bond donors (Lipinski definition) is 1. The zero-order valence-corrected chi connectivity index (χ0v) is 13.9. The van der Waals surface area contributed by atoms with Crippen LogP contribution >= 0.6 is 0 Å². The van der Waals surface area contributed by atoms with Crippen molar-refractivity contribution < 1.29 is 9.59 Å². The first-order chi connectivity index (χ1) is 11.7. The molecule has 1 unspecified atom stereocenters. The molecule has 24 heavy (non-hydrogen) atoms. The first kappa shape index (κ1) is 16.6. The maximum Gasteiger partial charge on any atom is 0.245 e. The average Bonchev–Trinajstić information content (AvgIpc) is 2.67. The van der Waals surface area contributed by atoms with E-state index in [1.54, 1.807) is 17.3 Å². The molecular weight excluding hydrogens is 304 g/mol. The van der Waals surface area contributed by atoms with Crippen LogP contribution in [0.2, 0.25) is 0 Å². The van der Waals surface area contributed by atoms with E-state index in [4.69, 9.17) is 0 Å². The zero-order chi connectivity index (χ0) is 16.9. The van der Waals surface area contributed by atoms with Crippen LogP contribution in [0, 0.1) is 5.92 Å². The second-order valence-electron chi connectivity index (χ2n) is 6.38. The summed E-state index contributed by atoms with van der Waals surface area (Å²) in [4.78, 5) is 32.3. The third-order valence-corrected chi connectivity index (χ3v) is 4.93. The minimum absolute atomic E-state index is 0.0232. The maximum atomic E-state index is 12.8. The van der Waals surface area contributed by atoms with Gasteiger partial charge >= 0.3 is 0 Å². The summed E-state index contributed by atoms with van der Waals surface area (Å²) in [5.74, 6) is 0.206. The van der Waals surface area contributed by atoms with Crippen molar-refractivity contribution in [2.24, 2.45) is 5.92 Å². The number of nitrogens with one attached hydrogen (secondary N) is 1. The lowest BCUT2D eigenvalue weighted by Crippen LogP contribution is -2.51. The number of nitrogens with zero attached hydrogens (tertiary/aromatic N) is 3. The molecule has 0 aliphatic carbocycles. The molecule has 6 nitrogen and oxygen atoms in total. The number of amides is 2. The molecule has 128 valence electrons. The summed E-state index contributed by atoms with van der Waals surface area (Å²) >= 11 is 0. The molecule has 2 saturated heterocycles. The Hall–Kier alpha value is -2.21. The summed E-state index contributed by atoms with van der Waals surface area (Å²) in [6.07, 6.45) is 6.39. The zero-order valence-electron chi connectivity index (χ0n) is 13.9. The first-order valence-electron chi connectivity index (χ1n) is 8.52. The molecule has 2 aliphatic heterocycles. The van der Waals surface area contributed by atoms with E-state index in [0.29, 0.717) is 19.6 Å². The van der Waals surface area contributed by atoms with Crippen LogP contribution in [0.3, 0.4) is 0 Å². The van der Waals surface area contributed by atoms with Crippen LogP contribution in [0.4, 0.5) is 0 Å². The van der Waals surface area contributed by atoms with E-state index in [0.717, 1.165) is 31.5 Å². The van der Waals surface area contributed by atoms with Gasteiger partial charge < -0.3 is 15.1 Å². The molecular formula is C18H24N4O2. The second-order valence-corrected chi connectivity index (χ2v) is 6.38. The van der Waals surface area contributed by atoms with Crippen LogP contribution in [-0.2, 0) is 9.59 Å². The number of hydrogen-bond acceptors (Lipinski definition) is 4. The Morgan fingerprint density at radius 2 is 1.88 bits per heavy atom. The van der Waals surface area contributed by atoms with E-state index in [9.17, 15) is 9.59 Å². The largest absolute Gasteiger partial charge is 0.339 e. The van der Waals surface area contributed by atoms with Gasteiger partial charge in [0.2, 0.25) is 11.8 Å². The number of aromatic nitrogens is 1. The van der Waals surface area contributed by atoms with Crippen LogP contribution in [0.15, 0.2) is 37.2 Å². The van der Waals surface area contributed by atoms with Gasteiger partial charge in [0.1, 0.15) is 0 Å². The molecule has 1 N–H and O–H groups in total. The Bertz CT molecular complexity index is 596. The molecule has 1 atom stereocenters. The van der Waals surface area contributed by atoms with E-state index in [-0.39, 0.29) is 23.8 Å². The fourth-order valence-corrected chi connectivity index (χ4v) is 3.50. The van der Waals surface area contributed by atoms with Crippen LogP contribution in [0.5, 0.6) is 0 Å². The smallest absolute Gasteiger partial charge is 0.245 e. The summed E-state index contributed by atoms with van der Waals surface area (Å²) in [5.41, 5.74) is 1.16. The van der Waals surface area contributed by atoms with Crippen molar-refractivity contribution >= 4 is 11.8 Å². The lowest BCUT2D eigenvalue weighted by molar-refractivity contribution is -0.140. The van der Waals surface area contributed by atoms with E-state index < -0.39 is 0 Å². The Morgan fingerprint density at radius 3 is 2.54 bits per heavy atom. The predicted octanol–water partition coefficient (Wildman–Crippen LogP) is 0.979. The molecule has 0 saturated carbocycles. The van der Waals surface area contributed by atoms with Crippen molar-refractivity contribution in [3.8, 4) is 0 Å². The number of carbonyl (C=O) groups is 2. The molecule has 0 radical (unpaired) electrons. The fraction of sp³-hybridized carbons (Fsp3) is 0.500. The maximum absolute atomic E-state index is 12.8. The van der Waals surface area contributed by atoms with Gasteiger partial charge in [-0.3, -0.25) is 14.6 Å². The van der Waals surface area contributed by atoms with E-state index in [2.05, 4.69) is 16.9 Å². The lowest BCUT2D eigenvalue weighted by Gasteiger charge is -2.38. The standard InChI is InChI=1S/C18H24N4O2/c1-2-17(23)21-10-5-15(6-11-21)18(24)22-12-9-20-16(13-22)14-3-7-19-8-4-14/h2-4,7-8,15-16,20H,1,5-6,9-13H2. The predicted molar refractivity (Wildman–Crippen MR) is 91.1 cm³/mol. The molecule has 2 fully saturated rings. The van der Waals surface area contributed by atoms with Gasteiger partial charge in [-0.05, 0) is 36.6 Å². The number of likely N-dealkylation sites (tertiary alicyclic amines) is 1. The van der Waals surface area contributed by atoms with E-state index >= 15 is 0 Å². The fourth-order valence-electron chi connectivity index (χ4n) is 3.50. The Kier molecular flexibility index (Phi) is 5.25. The monoisotopic (exact) mass is 328 g/mol. The van der Waals surface area contributed by atoms with Crippen molar-refractivity contribution in [1.29, 1.82) is 0 Å². The Balaban J connectivity index is 1.57. The summed E-state index contributed by atoms with van der Waals surface area (Å²) in [7, 11) is 0. The van der Waals surface area contributed by atoms with Crippen LogP contribution in [0.1, 0.15) is 24.4 Å². The minimum atomic E-state index is -0.0409. The van der Waals surface area contributed by atoms with Gasteiger partial charge in [-0.2, -0.15) is 0 Å². The normalized spacial score (nSPS) is 22.2. The summed E-state index contributed by atoms with van der Waals surface area (Å²) < 4.78 is 0. The van der Waals surface area contributed by atoms with Gasteiger partial charge in [0.15, 0.2) is 0 Å². The lowest BCUT2D eigenvalue weighted by atomic mass is 9.94. The Labute approximate surface area is 142 Å². The number of carbonyl (C=O) groups excluding carboxylic acids is 2. The number of rotatable bonds is 3. The van der Waals surface area contributed by atoms with Crippen molar-refractivity contribution in [2.45, 2.75) is 18.9 Å². The van der Waals surface area contributed by atoms with Crippen molar-refractivity contribution in [1.82, 2.24) is 20.1 Å². The molecule has 3 rings (SSSR count). The van der Waals surface area contributed by atoms with Crippen LogP contribution < -0.4 is 5.32 Å². The quantitative estimate of drug-likeness (QED) is 0.840. The van der Waals surface area contributed by atoms with E-state index in [1.165, 1.54) is 6.08 Å². The van der Waals surface area contributed by atoms with Crippen molar-refractivity contribution in [2.75, 3.05) is 32.7 Å². The van der Waals surface area contributed by atoms with Gasteiger partial charge in [-0.25, -0.2) is 0 Å². The highest BCUT2D eigenvalue weighted by molar-refractivity contribution is 5.87. The summed E-state index contributed by atoms with van der Waals surface area (Å²) in [6.45, 7) is 7.03. The molecule has 0 aromatic carbocycles. The third-order valence-electron chi connectivity index (χ3n) is 4.93. The van der Waals surface area contributed by atoms with Crippen molar-refractivity contribution in [3.63, 3.8) is 0 Å². The van der Waals surface area contributed by atoms with Crippen LogP contribution in [-0.4, -0.2) is 59.3 Å². The highest BCUT2D eigenvalue weighted by Gasteiger charge is 2.32. The van der Waals surface area contributed by atoms with Gasteiger partial charge in [-0.1, -0.05) is 6.58 Å².